The quantitative estimate of drug-likeness (QED) is 0.512. The first-order valence-electron chi connectivity index (χ1n) is 8.81. The van der Waals surface area contributed by atoms with Gasteiger partial charge >= 0.3 is 0 Å². The number of nitrogens with zero attached hydrogens (tertiary/aromatic N) is 1. The van der Waals surface area contributed by atoms with E-state index in [0.717, 1.165) is 16.8 Å². The molecule has 27 heavy (non-hydrogen) atoms. The molecule has 0 aliphatic carbocycles. The predicted molar refractivity (Wildman–Crippen MR) is 108 cm³/mol. The minimum atomic E-state index is -0.301. The van der Waals surface area contributed by atoms with E-state index in [-0.39, 0.29) is 5.91 Å². The van der Waals surface area contributed by atoms with Gasteiger partial charge in [-0.3, -0.25) is 4.79 Å². The summed E-state index contributed by atoms with van der Waals surface area (Å²) >= 11 is 0. The number of carbonyl (C=O) groups excluding carboxylic acids is 1. The first kappa shape index (κ1) is 18.4. The zero-order valence-corrected chi connectivity index (χ0v) is 15.5. The van der Waals surface area contributed by atoms with Crippen LogP contribution in [0.4, 0.5) is 0 Å². The zero-order chi connectivity index (χ0) is 19.1. The number of hydrogen-bond acceptors (Lipinski definition) is 3. The molecule has 0 radical (unpaired) electrons. The molecule has 0 heterocycles. The second-order valence-electron chi connectivity index (χ2n) is 6.27. The van der Waals surface area contributed by atoms with Crippen molar-refractivity contribution in [3.8, 4) is 5.75 Å². The van der Waals surface area contributed by atoms with E-state index in [1.165, 1.54) is 5.56 Å². The molecule has 1 N–H and O–H groups in total. The molecular formula is C23H22N2O2. The molecule has 0 aliphatic heterocycles. The Balaban J connectivity index is 1.69. The molecule has 0 unspecified atom stereocenters. The number of hydrazone groups is 1. The Hall–Kier alpha value is -3.40. The van der Waals surface area contributed by atoms with Gasteiger partial charge in [-0.15, -0.1) is 0 Å². The summed E-state index contributed by atoms with van der Waals surface area (Å²) < 4.78 is 5.84. The molecule has 3 aromatic rings. The normalized spacial score (nSPS) is 11.1. The minimum absolute atomic E-state index is 0.301. The molecule has 0 bridgehead atoms. The van der Waals surface area contributed by atoms with Crippen LogP contribution in [0.5, 0.6) is 5.75 Å². The van der Waals surface area contributed by atoms with Crippen molar-refractivity contribution in [3.63, 3.8) is 0 Å². The number of para-hydroxylation sites is 1. The molecule has 0 saturated heterocycles. The third-order valence-corrected chi connectivity index (χ3v) is 4.16. The van der Waals surface area contributed by atoms with E-state index in [0.29, 0.717) is 17.9 Å². The van der Waals surface area contributed by atoms with E-state index < -0.39 is 0 Å². The molecular weight excluding hydrogens is 336 g/mol. The molecule has 3 aromatic carbocycles. The first-order chi connectivity index (χ1) is 13.1. The van der Waals surface area contributed by atoms with Crippen LogP contribution in [0.15, 0.2) is 84.0 Å². The molecule has 0 fully saturated rings. The number of amides is 1. The second kappa shape index (κ2) is 8.81. The summed E-state index contributed by atoms with van der Waals surface area (Å²) in [5.74, 6) is 0.229. The van der Waals surface area contributed by atoms with Crippen molar-refractivity contribution in [3.05, 3.63) is 101 Å². The number of hydrogen-bond donors (Lipinski definition) is 1. The number of ether oxygens (including phenoxy) is 1. The summed E-state index contributed by atoms with van der Waals surface area (Å²) in [5.41, 5.74) is 7.00. The van der Waals surface area contributed by atoms with Crippen LogP contribution in [0.2, 0.25) is 0 Å². The topological polar surface area (TPSA) is 50.7 Å². The number of aryl methyl sites for hydroxylation is 1. The molecule has 1 amide bonds. The summed E-state index contributed by atoms with van der Waals surface area (Å²) in [7, 11) is 0. The van der Waals surface area contributed by atoms with Crippen molar-refractivity contribution in [1.82, 2.24) is 5.43 Å². The van der Waals surface area contributed by atoms with E-state index in [4.69, 9.17) is 4.74 Å². The van der Waals surface area contributed by atoms with Crippen LogP contribution in [0, 0.1) is 6.92 Å². The van der Waals surface area contributed by atoms with E-state index in [2.05, 4.69) is 10.5 Å². The van der Waals surface area contributed by atoms with Crippen LogP contribution in [0.25, 0.3) is 0 Å². The van der Waals surface area contributed by atoms with Gasteiger partial charge in [-0.25, -0.2) is 5.43 Å². The lowest BCUT2D eigenvalue weighted by Crippen LogP contribution is -2.20. The molecule has 0 atom stereocenters. The van der Waals surface area contributed by atoms with E-state index in [1.54, 1.807) is 18.2 Å². The summed E-state index contributed by atoms with van der Waals surface area (Å²) in [4.78, 5) is 12.6. The Morgan fingerprint density at radius 3 is 2.33 bits per heavy atom. The Morgan fingerprint density at radius 2 is 1.59 bits per heavy atom. The van der Waals surface area contributed by atoms with Crippen LogP contribution in [0.3, 0.4) is 0 Å². The smallest absolute Gasteiger partial charge is 0.275 e. The Labute approximate surface area is 159 Å². The summed E-state index contributed by atoms with van der Waals surface area (Å²) in [5, 5.41) is 4.22. The van der Waals surface area contributed by atoms with Gasteiger partial charge in [0, 0.05) is 0 Å². The van der Waals surface area contributed by atoms with Crippen LogP contribution in [-0.2, 0) is 6.61 Å². The Morgan fingerprint density at radius 1 is 0.926 bits per heavy atom. The van der Waals surface area contributed by atoms with E-state index in [9.17, 15) is 4.79 Å². The SMILES string of the molecule is CC(=NNC(=O)c1ccccc1OCc1ccccc1)c1ccc(C)cc1. The molecule has 0 aliphatic rings. The maximum Gasteiger partial charge on any atom is 0.275 e. The largest absolute Gasteiger partial charge is 0.488 e. The molecule has 4 heteroatoms. The van der Waals surface area contributed by atoms with Crippen molar-refractivity contribution in [2.75, 3.05) is 0 Å². The molecule has 0 spiro atoms. The molecule has 0 saturated carbocycles. The maximum atomic E-state index is 12.6. The Bertz CT molecular complexity index is 932. The molecule has 4 nitrogen and oxygen atoms in total. The minimum Gasteiger partial charge on any atom is -0.488 e. The third kappa shape index (κ3) is 5.05. The van der Waals surface area contributed by atoms with Crippen molar-refractivity contribution in [1.29, 1.82) is 0 Å². The maximum absolute atomic E-state index is 12.6. The summed E-state index contributed by atoms with van der Waals surface area (Å²) in [6.45, 7) is 4.30. The fourth-order valence-corrected chi connectivity index (χ4v) is 2.57. The van der Waals surface area contributed by atoms with Gasteiger partial charge in [0.05, 0.1) is 11.3 Å². The fraction of sp³-hybridized carbons (Fsp3) is 0.130. The lowest BCUT2D eigenvalue weighted by Gasteiger charge is -2.11. The standard InChI is InChI=1S/C23H22N2O2/c1-17-12-14-20(15-13-17)18(2)24-25-23(26)21-10-6-7-11-22(21)27-16-19-8-4-3-5-9-19/h3-15H,16H2,1-2H3,(H,25,26). The average Bonchev–Trinajstić information content (AvgIpc) is 2.71. The van der Waals surface area contributed by atoms with Gasteiger partial charge < -0.3 is 4.74 Å². The lowest BCUT2D eigenvalue weighted by atomic mass is 10.1. The number of benzene rings is 3. The third-order valence-electron chi connectivity index (χ3n) is 4.16. The van der Waals surface area contributed by atoms with Crippen LogP contribution in [-0.4, -0.2) is 11.6 Å². The van der Waals surface area contributed by atoms with Gasteiger partial charge in [0.1, 0.15) is 12.4 Å². The predicted octanol–water partition coefficient (Wildman–Crippen LogP) is 4.73. The highest BCUT2D eigenvalue weighted by Gasteiger charge is 2.12. The number of rotatable bonds is 6. The van der Waals surface area contributed by atoms with Gasteiger partial charge in [0.15, 0.2) is 0 Å². The molecule has 136 valence electrons. The highest BCUT2D eigenvalue weighted by Crippen LogP contribution is 2.19. The highest BCUT2D eigenvalue weighted by molar-refractivity contribution is 6.01. The molecule has 3 rings (SSSR count). The van der Waals surface area contributed by atoms with E-state index >= 15 is 0 Å². The zero-order valence-electron chi connectivity index (χ0n) is 15.5. The average molecular weight is 358 g/mol. The van der Waals surface area contributed by atoms with Crippen LogP contribution >= 0.6 is 0 Å². The lowest BCUT2D eigenvalue weighted by molar-refractivity contribution is 0.0950. The van der Waals surface area contributed by atoms with Gasteiger partial charge in [-0.2, -0.15) is 5.10 Å². The van der Waals surface area contributed by atoms with E-state index in [1.807, 2.05) is 74.5 Å². The van der Waals surface area contributed by atoms with Crippen molar-refractivity contribution >= 4 is 11.6 Å². The number of carbonyl (C=O) groups is 1. The molecule has 0 aromatic heterocycles. The van der Waals surface area contributed by atoms with Crippen molar-refractivity contribution in [2.24, 2.45) is 5.10 Å². The van der Waals surface area contributed by atoms with Crippen LogP contribution < -0.4 is 10.2 Å². The van der Waals surface area contributed by atoms with Crippen molar-refractivity contribution in [2.45, 2.75) is 20.5 Å². The Kier molecular flexibility index (Phi) is 6.00. The highest BCUT2D eigenvalue weighted by atomic mass is 16.5. The van der Waals surface area contributed by atoms with Crippen molar-refractivity contribution < 1.29 is 9.53 Å². The van der Waals surface area contributed by atoms with Gasteiger partial charge in [0.25, 0.3) is 5.91 Å². The number of nitrogens with one attached hydrogen (secondary N) is 1. The first-order valence-corrected chi connectivity index (χ1v) is 8.81. The summed E-state index contributed by atoms with van der Waals surface area (Å²) in [6, 6.07) is 25.0. The second-order valence-corrected chi connectivity index (χ2v) is 6.27. The van der Waals surface area contributed by atoms with Gasteiger partial charge in [0.2, 0.25) is 0 Å². The van der Waals surface area contributed by atoms with Gasteiger partial charge in [-0.05, 0) is 37.1 Å². The van der Waals surface area contributed by atoms with Gasteiger partial charge in [-0.1, -0.05) is 72.3 Å². The fourth-order valence-electron chi connectivity index (χ4n) is 2.57. The summed E-state index contributed by atoms with van der Waals surface area (Å²) in [6.07, 6.45) is 0. The van der Waals surface area contributed by atoms with Crippen LogP contribution in [0.1, 0.15) is 34.0 Å². The monoisotopic (exact) mass is 358 g/mol.